The zero-order valence-corrected chi connectivity index (χ0v) is 5.00. The predicted molar refractivity (Wildman–Crippen MR) is 43.0 cm³/mol. The molecule has 0 saturated heterocycles. The van der Waals surface area contributed by atoms with Crippen molar-refractivity contribution in [1.82, 2.24) is 0 Å². The minimum atomic E-state index is 0. The molecule has 0 aliphatic carbocycles. The van der Waals surface area contributed by atoms with E-state index in [9.17, 15) is 4.79 Å². The SMILES string of the molecule is O=[C]Cc1ccccc1.[NaH]. The topological polar surface area (TPSA) is 17.1 Å². The van der Waals surface area contributed by atoms with Crippen LogP contribution in [0, 0.1) is 0 Å². The first-order chi connectivity index (χ1) is 4.43. The van der Waals surface area contributed by atoms with Gasteiger partial charge in [-0.05, 0) is 5.56 Å². The van der Waals surface area contributed by atoms with Crippen molar-refractivity contribution in [3.8, 4) is 0 Å². The van der Waals surface area contributed by atoms with E-state index >= 15 is 0 Å². The van der Waals surface area contributed by atoms with Gasteiger partial charge in [-0.3, -0.25) is 4.79 Å². The average molecular weight is 143 g/mol. The van der Waals surface area contributed by atoms with Crippen LogP contribution in [0.2, 0.25) is 0 Å². The van der Waals surface area contributed by atoms with E-state index in [0.717, 1.165) is 5.56 Å². The Kier molecular flexibility index (Phi) is 5.60. The summed E-state index contributed by atoms with van der Waals surface area (Å²) in [5.74, 6) is 0. The van der Waals surface area contributed by atoms with Gasteiger partial charge < -0.3 is 0 Å². The molecular formula is C8H8NaO. The van der Waals surface area contributed by atoms with Gasteiger partial charge in [0.1, 0.15) is 0 Å². The summed E-state index contributed by atoms with van der Waals surface area (Å²) in [6.45, 7) is 0. The molecule has 1 aromatic rings. The van der Waals surface area contributed by atoms with Crippen molar-refractivity contribution in [1.29, 1.82) is 0 Å². The fourth-order valence-electron chi connectivity index (χ4n) is 0.679. The van der Waals surface area contributed by atoms with Gasteiger partial charge in [-0.15, -0.1) is 0 Å². The van der Waals surface area contributed by atoms with Gasteiger partial charge in [0.2, 0.25) is 6.29 Å². The Hall–Kier alpha value is -0.110. The molecule has 0 aromatic heterocycles. The summed E-state index contributed by atoms with van der Waals surface area (Å²) in [4.78, 5) is 9.85. The van der Waals surface area contributed by atoms with Crippen molar-refractivity contribution < 1.29 is 4.79 Å². The van der Waals surface area contributed by atoms with Crippen molar-refractivity contribution >= 4 is 35.8 Å². The maximum absolute atomic E-state index is 9.85. The Bertz CT molecular complexity index is 184. The molecule has 0 heterocycles. The summed E-state index contributed by atoms with van der Waals surface area (Å²) in [5, 5.41) is 0. The van der Waals surface area contributed by atoms with Crippen molar-refractivity contribution in [2.45, 2.75) is 6.42 Å². The predicted octanol–water partition coefficient (Wildman–Crippen LogP) is 0.690. The average Bonchev–Trinajstić information content (AvgIpc) is 1.91. The molecule has 1 radical (unpaired) electrons. The van der Waals surface area contributed by atoms with E-state index in [-0.39, 0.29) is 29.6 Å². The van der Waals surface area contributed by atoms with Crippen LogP contribution in [0.15, 0.2) is 30.3 Å². The second-order valence-electron chi connectivity index (χ2n) is 1.81. The molecule has 0 atom stereocenters. The van der Waals surface area contributed by atoms with E-state index in [1.165, 1.54) is 0 Å². The minimum absolute atomic E-state index is 0. The zero-order chi connectivity index (χ0) is 6.53. The van der Waals surface area contributed by atoms with Gasteiger partial charge in [-0.25, -0.2) is 0 Å². The third kappa shape index (κ3) is 3.16. The molecule has 0 amide bonds. The van der Waals surface area contributed by atoms with E-state index in [4.69, 9.17) is 0 Å². The van der Waals surface area contributed by atoms with Crippen molar-refractivity contribution in [2.24, 2.45) is 0 Å². The van der Waals surface area contributed by atoms with Crippen LogP contribution in [0.3, 0.4) is 0 Å². The Labute approximate surface area is 82.7 Å². The first kappa shape index (κ1) is 9.89. The summed E-state index contributed by atoms with van der Waals surface area (Å²) < 4.78 is 0. The maximum atomic E-state index is 9.85. The number of hydrogen-bond donors (Lipinski definition) is 0. The molecule has 1 rings (SSSR count). The van der Waals surface area contributed by atoms with Gasteiger partial charge in [0.25, 0.3) is 0 Å². The van der Waals surface area contributed by atoms with Crippen LogP contribution in [0.25, 0.3) is 0 Å². The molecule has 47 valence electrons. The van der Waals surface area contributed by atoms with Gasteiger partial charge in [-0.2, -0.15) is 0 Å². The van der Waals surface area contributed by atoms with Gasteiger partial charge in [0.05, 0.1) is 0 Å². The Morgan fingerprint density at radius 1 is 1.20 bits per heavy atom. The third-order valence-corrected chi connectivity index (χ3v) is 1.12. The number of carbonyl (C=O) groups excluding carboxylic acids is 1. The fraction of sp³-hybridized carbons (Fsp3) is 0.125. The first-order valence-corrected chi connectivity index (χ1v) is 2.82. The standard InChI is InChI=1S/C8H7O.Na.H/c9-7-6-8-4-2-1-3-5-8;;/h1-5H,6H2;;. The molecule has 0 aliphatic rings. The zero-order valence-electron chi connectivity index (χ0n) is 5.00. The molecule has 2 heteroatoms. The van der Waals surface area contributed by atoms with Crippen LogP contribution >= 0.6 is 0 Å². The van der Waals surface area contributed by atoms with Crippen LogP contribution in [0.1, 0.15) is 5.56 Å². The molecule has 0 spiro atoms. The summed E-state index contributed by atoms with van der Waals surface area (Å²) in [7, 11) is 0. The number of hydrogen-bond acceptors (Lipinski definition) is 1. The third-order valence-electron chi connectivity index (χ3n) is 1.12. The molecule has 0 saturated carbocycles. The van der Waals surface area contributed by atoms with Crippen molar-refractivity contribution in [3.05, 3.63) is 35.9 Å². The molecule has 1 aromatic carbocycles. The van der Waals surface area contributed by atoms with E-state index in [2.05, 4.69) is 0 Å². The molecule has 0 bridgehead atoms. The van der Waals surface area contributed by atoms with Crippen LogP contribution in [-0.2, 0) is 11.2 Å². The van der Waals surface area contributed by atoms with Crippen LogP contribution in [-0.4, -0.2) is 35.8 Å². The van der Waals surface area contributed by atoms with Crippen LogP contribution in [0.4, 0.5) is 0 Å². The van der Waals surface area contributed by atoms with E-state index < -0.39 is 0 Å². The Morgan fingerprint density at radius 2 is 1.80 bits per heavy atom. The summed E-state index contributed by atoms with van der Waals surface area (Å²) in [6, 6.07) is 9.56. The molecule has 0 aliphatic heterocycles. The molecule has 1 nitrogen and oxygen atoms in total. The van der Waals surface area contributed by atoms with Gasteiger partial charge in [0, 0.05) is 6.42 Å². The molecule has 0 fully saturated rings. The summed E-state index contributed by atoms with van der Waals surface area (Å²) in [5.41, 5.74) is 1.02. The monoisotopic (exact) mass is 143 g/mol. The van der Waals surface area contributed by atoms with Gasteiger partial charge >= 0.3 is 29.6 Å². The first-order valence-electron chi connectivity index (χ1n) is 2.82. The number of rotatable bonds is 2. The quantitative estimate of drug-likeness (QED) is 0.557. The van der Waals surface area contributed by atoms with E-state index in [1.807, 2.05) is 36.6 Å². The van der Waals surface area contributed by atoms with E-state index in [1.54, 1.807) is 0 Å². The molecule has 0 N–H and O–H groups in total. The Balaban J connectivity index is 0.000000810. The van der Waals surface area contributed by atoms with E-state index in [0.29, 0.717) is 6.42 Å². The normalized spacial score (nSPS) is 8.00. The second-order valence-corrected chi connectivity index (χ2v) is 1.81. The van der Waals surface area contributed by atoms with Gasteiger partial charge in [-0.1, -0.05) is 30.3 Å². The fourth-order valence-corrected chi connectivity index (χ4v) is 0.679. The second kappa shape index (κ2) is 5.66. The molecule has 10 heavy (non-hydrogen) atoms. The van der Waals surface area contributed by atoms with Gasteiger partial charge in [0.15, 0.2) is 0 Å². The molecular weight excluding hydrogens is 135 g/mol. The van der Waals surface area contributed by atoms with Crippen LogP contribution < -0.4 is 0 Å². The number of benzene rings is 1. The summed E-state index contributed by atoms with van der Waals surface area (Å²) >= 11 is 0. The Morgan fingerprint density at radius 3 is 2.30 bits per heavy atom. The van der Waals surface area contributed by atoms with Crippen molar-refractivity contribution in [2.75, 3.05) is 0 Å². The molecule has 0 unspecified atom stereocenters. The summed E-state index contributed by atoms with van der Waals surface area (Å²) in [6.07, 6.45) is 2.24. The van der Waals surface area contributed by atoms with Crippen LogP contribution in [0.5, 0.6) is 0 Å². The van der Waals surface area contributed by atoms with Crippen molar-refractivity contribution in [3.63, 3.8) is 0 Å².